The van der Waals surface area contributed by atoms with Crippen LogP contribution in [0, 0.1) is 0 Å². The molecular formula is C14H21NO. The van der Waals surface area contributed by atoms with Crippen LogP contribution in [0.25, 0.3) is 0 Å². The van der Waals surface area contributed by atoms with Gasteiger partial charge in [0.2, 0.25) is 0 Å². The first-order chi connectivity index (χ1) is 7.45. The second kappa shape index (κ2) is 3.86. The van der Waals surface area contributed by atoms with Gasteiger partial charge >= 0.3 is 0 Å². The Bertz CT molecular complexity index is 380. The summed E-state index contributed by atoms with van der Waals surface area (Å²) in [6.45, 7) is 4.17. The molecule has 2 nitrogen and oxygen atoms in total. The highest BCUT2D eigenvalue weighted by atomic mass is 16.5. The topological polar surface area (TPSA) is 35.2 Å². The van der Waals surface area contributed by atoms with Crippen molar-refractivity contribution < 1.29 is 4.74 Å². The predicted octanol–water partition coefficient (Wildman–Crippen LogP) is 2.60. The van der Waals surface area contributed by atoms with E-state index in [4.69, 9.17) is 10.5 Å². The van der Waals surface area contributed by atoms with Crippen molar-refractivity contribution in [3.05, 3.63) is 35.4 Å². The second-order valence-electron chi connectivity index (χ2n) is 5.45. The molecule has 16 heavy (non-hydrogen) atoms. The Morgan fingerprint density at radius 2 is 2.06 bits per heavy atom. The van der Waals surface area contributed by atoms with Crippen molar-refractivity contribution >= 4 is 0 Å². The third kappa shape index (κ3) is 2.45. The molecule has 0 saturated heterocycles. The van der Waals surface area contributed by atoms with Gasteiger partial charge in [-0.05, 0) is 44.2 Å². The number of rotatable bonds is 4. The van der Waals surface area contributed by atoms with Crippen molar-refractivity contribution in [2.45, 2.75) is 44.2 Å². The highest BCUT2D eigenvalue weighted by Crippen LogP contribution is 2.36. The van der Waals surface area contributed by atoms with Crippen LogP contribution in [0.5, 0.6) is 0 Å². The van der Waals surface area contributed by atoms with Gasteiger partial charge in [0.15, 0.2) is 0 Å². The van der Waals surface area contributed by atoms with Crippen molar-refractivity contribution in [3.63, 3.8) is 0 Å². The fourth-order valence-electron chi connectivity index (χ4n) is 1.92. The lowest BCUT2D eigenvalue weighted by atomic mass is 9.94. The van der Waals surface area contributed by atoms with Gasteiger partial charge in [0.1, 0.15) is 0 Å². The van der Waals surface area contributed by atoms with Gasteiger partial charge in [-0.1, -0.05) is 24.3 Å². The van der Waals surface area contributed by atoms with E-state index in [1.807, 2.05) is 0 Å². The Labute approximate surface area is 97.8 Å². The van der Waals surface area contributed by atoms with Gasteiger partial charge in [0, 0.05) is 12.6 Å². The normalized spacial score (nSPS) is 18.5. The lowest BCUT2D eigenvalue weighted by molar-refractivity contribution is 0.0191. The highest BCUT2D eigenvalue weighted by molar-refractivity contribution is 5.29. The first kappa shape index (κ1) is 11.6. The Morgan fingerprint density at radius 3 is 2.62 bits per heavy atom. The van der Waals surface area contributed by atoms with Gasteiger partial charge < -0.3 is 10.5 Å². The van der Waals surface area contributed by atoms with Crippen LogP contribution in [0.4, 0.5) is 0 Å². The first-order valence-corrected chi connectivity index (χ1v) is 5.89. The summed E-state index contributed by atoms with van der Waals surface area (Å²) in [6.07, 6.45) is 3.30. The zero-order valence-electron chi connectivity index (χ0n) is 10.4. The van der Waals surface area contributed by atoms with E-state index >= 15 is 0 Å². The quantitative estimate of drug-likeness (QED) is 0.844. The second-order valence-corrected chi connectivity index (χ2v) is 5.45. The first-order valence-electron chi connectivity index (χ1n) is 5.89. The molecule has 0 amide bonds. The Hall–Kier alpha value is -0.860. The SMILES string of the molecule is COC(C)(C)c1cccc(CC2(N)CC2)c1. The number of benzene rings is 1. The molecule has 2 N–H and O–H groups in total. The molecule has 1 aliphatic rings. The molecule has 0 radical (unpaired) electrons. The van der Waals surface area contributed by atoms with Gasteiger partial charge in [-0.25, -0.2) is 0 Å². The Balaban J connectivity index is 2.19. The molecule has 0 aromatic heterocycles. The Morgan fingerprint density at radius 1 is 1.38 bits per heavy atom. The smallest absolute Gasteiger partial charge is 0.0871 e. The third-order valence-electron chi connectivity index (χ3n) is 3.58. The molecule has 0 heterocycles. The van der Waals surface area contributed by atoms with Gasteiger partial charge in [-0.3, -0.25) is 0 Å². The summed E-state index contributed by atoms with van der Waals surface area (Å²) in [5.41, 5.74) is 8.54. The summed E-state index contributed by atoms with van der Waals surface area (Å²) >= 11 is 0. The number of hydrogen-bond acceptors (Lipinski definition) is 2. The summed E-state index contributed by atoms with van der Waals surface area (Å²) in [6, 6.07) is 8.58. The van der Waals surface area contributed by atoms with E-state index in [0.717, 1.165) is 19.3 Å². The van der Waals surface area contributed by atoms with E-state index in [9.17, 15) is 0 Å². The van der Waals surface area contributed by atoms with E-state index < -0.39 is 0 Å². The van der Waals surface area contributed by atoms with Crippen LogP contribution in [-0.2, 0) is 16.8 Å². The van der Waals surface area contributed by atoms with Crippen molar-refractivity contribution in [1.29, 1.82) is 0 Å². The number of hydrogen-bond donors (Lipinski definition) is 1. The monoisotopic (exact) mass is 219 g/mol. The van der Waals surface area contributed by atoms with E-state index in [1.165, 1.54) is 11.1 Å². The molecule has 2 heteroatoms. The van der Waals surface area contributed by atoms with E-state index in [0.29, 0.717) is 0 Å². The average Bonchev–Trinajstić information content (AvgIpc) is 2.96. The van der Waals surface area contributed by atoms with Crippen LogP contribution in [0.15, 0.2) is 24.3 Å². The van der Waals surface area contributed by atoms with E-state index in [2.05, 4.69) is 38.1 Å². The largest absolute Gasteiger partial charge is 0.374 e. The number of ether oxygens (including phenoxy) is 1. The van der Waals surface area contributed by atoms with E-state index in [1.54, 1.807) is 7.11 Å². The molecule has 0 spiro atoms. The van der Waals surface area contributed by atoms with Crippen molar-refractivity contribution in [3.8, 4) is 0 Å². The van der Waals surface area contributed by atoms with Gasteiger partial charge in [0.05, 0.1) is 5.60 Å². The maximum absolute atomic E-state index is 6.14. The van der Waals surface area contributed by atoms with Crippen LogP contribution in [0.3, 0.4) is 0 Å². The molecule has 1 saturated carbocycles. The van der Waals surface area contributed by atoms with Crippen LogP contribution in [0.1, 0.15) is 37.8 Å². The van der Waals surface area contributed by atoms with Crippen molar-refractivity contribution in [2.24, 2.45) is 5.73 Å². The van der Waals surface area contributed by atoms with Crippen molar-refractivity contribution in [2.75, 3.05) is 7.11 Å². The molecule has 0 bridgehead atoms. The lowest BCUT2D eigenvalue weighted by Crippen LogP contribution is -2.25. The predicted molar refractivity (Wildman–Crippen MR) is 66.3 cm³/mol. The summed E-state index contributed by atoms with van der Waals surface area (Å²) in [7, 11) is 1.75. The van der Waals surface area contributed by atoms with Crippen molar-refractivity contribution in [1.82, 2.24) is 0 Å². The number of methoxy groups -OCH3 is 1. The molecule has 0 aliphatic heterocycles. The van der Waals surface area contributed by atoms with Crippen LogP contribution >= 0.6 is 0 Å². The minimum Gasteiger partial charge on any atom is -0.374 e. The van der Waals surface area contributed by atoms with Gasteiger partial charge in [0.25, 0.3) is 0 Å². The van der Waals surface area contributed by atoms with Crippen LogP contribution < -0.4 is 5.73 Å². The fraction of sp³-hybridized carbons (Fsp3) is 0.571. The molecule has 2 rings (SSSR count). The molecule has 1 aliphatic carbocycles. The third-order valence-corrected chi connectivity index (χ3v) is 3.58. The minimum absolute atomic E-state index is 0.0792. The maximum atomic E-state index is 6.14. The molecule has 88 valence electrons. The molecule has 0 atom stereocenters. The maximum Gasteiger partial charge on any atom is 0.0871 e. The minimum atomic E-state index is -0.221. The number of nitrogens with two attached hydrogens (primary N) is 1. The van der Waals surface area contributed by atoms with Gasteiger partial charge in [-0.15, -0.1) is 0 Å². The summed E-state index contributed by atoms with van der Waals surface area (Å²) in [4.78, 5) is 0. The molecule has 1 aromatic carbocycles. The fourth-order valence-corrected chi connectivity index (χ4v) is 1.92. The molecule has 1 aromatic rings. The summed E-state index contributed by atoms with van der Waals surface area (Å²) < 4.78 is 5.49. The summed E-state index contributed by atoms with van der Waals surface area (Å²) in [5.74, 6) is 0. The molecule has 0 unspecified atom stereocenters. The highest BCUT2D eigenvalue weighted by Gasteiger charge is 2.38. The van der Waals surface area contributed by atoms with Gasteiger partial charge in [-0.2, -0.15) is 0 Å². The molecule has 1 fully saturated rings. The lowest BCUT2D eigenvalue weighted by Gasteiger charge is -2.24. The van der Waals surface area contributed by atoms with Crippen LogP contribution in [-0.4, -0.2) is 12.6 Å². The van der Waals surface area contributed by atoms with Crippen LogP contribution in [0.2, 0.25) is 0 Å². The zero-order valence-corrected chi connectivity index (χ0v) is 10.4. The van der Waals surface area contributed by atoms with E-state index in [-0.39, 0.29) is 11.1 Å². The standard InChI is InChI=1S/C14H21NO/c1-13(2,16-3)12-6-4-5-11(9-12)10-14(15)7-8-14/h4-6,9H,7-8,10,15H2,1-3H3. The summed E-state index contributed by atoms with van der Waals surface area (Å²) in [5, 5.41) is 0. The molecular weight excluding hydrogens is 198 g/mol. The zero-order chi connectivity index (χ0) is 11.8. The Kier molecular flexibility index (Phi) is 2.81. The average molecular weight is 219 g/mol.